The minimum atomic E-state index is -1.04. The molecule has 2 rings (SSSR count). The quantitative estimate of drug-likeness (QED) is 0.936. The van der Waals surface area contributed by atoms with Crippen molar-refractivity contribution >= 4 is 40.2 Å². The molecule has 0 radical (unpaired) electrons. The zero-order valence-corrected chi connectivity index (χ0v) is 10.2. The van der Waals surface area contributed by atoms with Gasteiger partial charge in [-0.05, 0) is 6.07 Å². The second kappa shape index (κ2) is 4.40. The van der Waals surface area contributed by atoms with Gasteiger partial charge < -0.3 is 5.11 Å². The van der Waals surface area contributed by atoms with Crippen LogP contribution < -0.4 is 4.87 Å². The largest absolute Gasteiger partial charge is 0.480 e. The highest BCUT2D eigenvalue weighted by Gasteiger charge is 2.12. The van der Waals surface area contributed by atoms with Gasteiger partial charge in [-0.3, -0.25) is 14.2 Å². The molecule has 0 bridgehead atoms. The van der Waals surface area contributed by atoms with Crippen molar-refractivity contribution in [1.82, 2.24) is 4.57 Å². The molecule has 0 unspecified atom stereocenters. The molecule has 0 aliphatic carbocycles. The van der Waals surface area contributed by atoms with E-state index in [0.29, 0.717) is 10.0 Å². The second-order valence-electron chi connectivity index (χ2n) is 3.01. The Balaban J connectivity index is 2.49. The third-order valence-electron chi connectivity index (χ3n) is 1.94. The Morgan fingerprint density at radius 2 is 2.19 bits per heavy atom. The van der Waals surface area contributed by atoms with E-state index >= 15 is 0 Å². The van der Waals surface area contributed by atoms with Crippen molar-refractivity contribution in [2.24, 2.45) is 0 Å². The van der Waals surface area contributed by atoms with Crippen molar-refractivity contribution in [3.05, 3.63) is 30.8 Å². The third kappa shape index (κ3) is 2.18. The van der Waals surface area contributed by atoms with Gasteiger partial charge in [0.25, 0.3) is 0 Å². The van der Waals surface area contributed by atoms with Crippen molar-refractivity contribution in [2.75, 3.05) is 0 Å². The standard InChI is InChI=1S/C9H6ClNO3S2/c10-7-1-5(3-15-7)6-4-16-9(14)11(6)2-8(12)13/h1,3-4H,2H2,(H,12,13). The Morgan fingerprint density at radius 3 is 2.75 bits per heavy atom. The van der Waals surface area contributed by atoms with Gasteiger partial charge in [-0.15, -0.1) is 11.3 Å². The van der Waals surface area contributed by atoms with Crippen molar-refractivity contribution < 1.29 is 9.90 Å². The van der Waals surface area contributed by atoms with Gasteiger partial charge in [0.1, 0.15) is 6.54 Å². The number of carboxylic acids is 1. The van der Waals surface area contributed by atoms with Gasteiger partial charge >= 0.3 is 10.8 Å². The Hall–Kier alpha value is -1.11. The van der Waals surface area contributed by atoms with E-state index in [4.69, 9.17) is 16.7 Å². The number of aromatic nitrogens is 1. The third-order valence-corrected chi connectivity index (χ3v) is 3.79. The molecule has 0 atom stereocenters. The molecular weight excluding hydrogens is 270 g/mol. The molecule has 0 amide bonds. The fourth-order valence-electron chi connectivity index (χ4n) is 1.29. The van der Waals surface area contributed by atoms with Gasteiger partial charge in [0.05, 0.1) is 10.0 Å². The van der Waals surface area contributed by atoms with Crippen LogP contribution in [0.2, 0.25) is 4.34 Å². The smallest absolute Gasteiger partial charge is 0.323 e. The van der Waals surface area contributed by atoms with E-state index in [1.54, 1.807) is 16.8 Å². The number of nitrogens with zero attached hydrogens (tertiary/aromatic N) is 1. The Kier molecular flexibility index (Phi) is 3.13. The molecule has 0 saturated carbocycles. The summed E-state index contributed by atoms with van der Waals surface area (Å²) in [6, 6.07) is 1.71. The number of halogens is 1. The molecule has 0 saturated heterocycles. The number of thiophene rings is 1. The fraction of sp³-hybridized carbons (Fsp3) is 0.111. The number of hydrogen-bond acceptors (Lipinski definition) is 4. The summed E-state index contributed by atoms with van der Waals surface area (Å²) in [6.07, 6.45) is 0. The average molecular weight is 276 g/mol. The number of carboxylic acid groups (broad SMARTS) is 1. The zero-order chi connectivity index (χ0) is 11.7. The number of rotatable bonds is 3. The maximum absolute atomic E-state index is 11.4. The van der Waals surface area contributed by atoms with Gasteiger partial charge in [0.2, 0.25) is 0 Å². The van der Waals surface area contributed by atoms with Crippen LogP contribution in [0.3, 0.4) is 0 Å². The van der Waals surface area contributed by atoms with Crippen molar-refractivity contribution in [3.8, 4) is 11.3 Å². The minimum absolute atomic E-state index is 0.278. The summed E-state index contributed by atoms with van der Waals surface area (Å²) < 4.78 is 1.83. The lowest BCUT2D eigenvalue weighted by molar-refractivity contribution is -0.137. The predicted molar refractivity (Wildman–Crippen MR) is 64.5 cm³/mol. The fourth-order valence-corrected chi connectivity index (χ4v) is 2.93. The maximum atomic E-state index is 11.4. The van der Waals surface area contributed by atoms with Crippen LogP contribution in [0.4, 0.5) is 0 Å². The predicted octanol–water partition coefficient (Wildman–Crippen LogP) is 2.38. The van der Waals surface area contributed by atoms with Crippen LogP contribution in [0.15, 0.2) is 21.6 Å². The molecule has 7 heteroatoms. The normalized spacial score (nSPS) is 10.6. The minimum Gasteiger partial charge on any atom is -0.480 e. The molecule has 0 aliphatic rings. The summed E-state index contributed by atoms with van der Waals surface area (Å²) in [7, 11) is 0. The first-order valence-corrected chi connectivity index (χ1v) is 6.36. The van der Waals surface area contributed by atoms with Gasteiger partial charge in [0, 0.05) is 16.3 Å². The van der Waals surface area contributed by atoms with Gasteiger partial charge in [-0.25, -0.2) is 0 Å². The molecule has 84 valence electrons. The van der Waals surface area contributed by atoms with E-state index in [1.165, 1.54) is 15.9 Å². The monoisotopic (exact) mass is 275 g/mol. The molecule has 0 aromatic carbocycles. The first kappa shape index (κ1) is 11.4. The molecule has 1 N–H and O–H groups in total. The van der Waals surface area contributed by atoms with E-state index in [2.05, 4.69) is 0 Å². The Bertz CT molecular complexity index is 584. The Labute approximate surface area is 103 Å². The zero-order valence-electron chi connectivity index (χ0n) is 7.84. The lowest BCUT2D eigenvalue weighted by Crippen LogP contribution is -2.19. The van der Waals surface area contributed by atoms with E-state index in [1.807, 2.05) is 0 Å². The molecule has 0 aliphatic heterocycles. The first-order valence-electron chi connectivity index (χ1n) is 4.22. The molecule has 4 nitrogen and oxygen atoms in total. The van der Waals surface area contributed by atoms with Crippen LogP contribution in [0.25, 0.3) is 11.3 Å². The number of aliphatic carboxylic acids is 1. The van der Waals surface area contributed by atoms with Crippen LogP contribution in [-0.2, 0) is 11.3 Å². The highest BCUT2D eigenvalue weighted by Crippen LogP contribution is 2.28. The number of thiazole rings is 1. The second-order valence-corrected chi connectivity index (χ2v) is 5.37. The maximum Gasteiger partial charge on any atom is 0.323 e. The average Bonchev–Trinajstić information content (AvgIpc) is 2.75. The van der Waals surface area contributed by atoms with E-state index in [0.717, 1.165) is 16.9 Å². The summed E-state index contributed by atoms with van der Waals surface area (Å²) in [6.45, 7) is -0.328. The van der Waals surface area contributed by atoms with Crippen molar-refractivity contribution in [1.29, 1.82) is 0 Å². The molecule has 2 aromatic heterocycles. The molecule has 0 spiro atoms. The van der Waals surface area contributed by atoms with Crippen LogP contribution in [-0.4, -0.2) is 15.6 Å². The SMILES string of the molecule is O=C(O)Cn1c(-c2csc(Cl)c2)csc1=O. The summed E-state index contributed by atoms with van der Waals surface area (Å²) in [4.78, 5) is 21.8. The van der Waals surface area contributed by atoms with Crippen LogP contribution in [0.1, 0.15) is 0 Å². The topological polar surface area (TPSA) is 59.3 Å². The van der Waals surface area contributed by atoms with Crippen LogP contribution in [0, 0.1) is 0 Å². The molecule has 2 aromatic rings. The van der Waals surface area contributed by atoms with Gasteiger partial charge in [-0.2, -0.15) is 0 Å². The van der Waals surface area contributed by atoms with E-state index in [9.17, 15) is 9.59 Å². The van der Waals surface area contributed by atoms with Crippen LogP contribution in [0.5, 0.6) is 0 Å². The summed E-state index contributed by atoms with van der Waals surface area (Å²) in [5, 5.41) is 12.1. The number of hydrogen-bond donors (Lipinski definition) is 1. The molecule has 2 heterocycles. The Morgan fingerprint density at radius 1 is 1.44 bits per heavy atom. The van der Waals surface area contributed by atoms with Crippen LogP contribution >= 0.6 is 34.3 Å². The van der Waals surface area contributed by atoms with Gasteiger partial charge in [-0.1, -0.05) is 22.9 Å². The molecule has 0 fully saturated rings. The molecule has 16 heavy (non-hydrogen) atoms. The van der Waals surface area contributed by atoms with Gasteiger partial charge in [0.15, 0.2) is 0 Å². The summed E-state index contributed by atoms with van der Waals surface area (Å²) in [5.41, 5.74) is 1.37. The van der Waals surface area contributed by atoms with E-state index < -0.39 is 5.97 Å². The first-order chi connectivity index (χ1) is 7.58. The van der Waals surface area contributed by atoms with Crippen molar-refractivity contribution in [2.45, 2.75) is 6.54 Å². The highest BCUT2D eigenvalue weighted by molar-refractivity contribution is 7.14. The lowest BCUT2D eigenvalue weighted by Gasteiger charge is -2.01. The molecular formula is C9H6ClNO3S2. The number of carbonyl (C=O) groups is 1. The van der Waals surface area contributed by atoms with E-state index in [-0.39, 0.29) is 11.4 Å². The highest BCUT2D eigenvalue weighted by atomic mass is 35.5. The summed E-state index contributed by atoms with van der Waals surface area (Å²) in [5.74, 6) is -1.04. The lowest BCUT2D eigenvalue weighted by atomic mass is 10.2. The van der Waals surface area contributed by atoms with Crippen molar-refractivity contribution in [3.63, 3.8) is 0 Å². The summed E-state index contributed by atoms with van der Waals surface area (Å²) >= 11 is 8.12.